The summed E-state index contributed by atoms with van der Waals surface area (Å²) in [4.78, 5) is 30.5. The number of aldehydes is 1. The maximum absolute atomic E-state index is 10.5. The summed E-state index contributed by atoms with van der Waals surface area (Å²) in [5, 5.41) is 2.04. The molecule has 0 heterocycles. The van der Waals surface area contributed by atoms with Crippen molar-refractivity contribution in [3.63, 3.8) is 0 Å². The first-order valence-corrected chi connectivity index (χ1v) is 3.09. The predicted octanol–water partition coefficient (Wildman–Crippen LogP) is -1.14. The molecule has 62 valence electrons. The zero-order valence-electron chi connectivity index (χ0n) is 6.12. The average Bonchev–Trinajstić information content (AvgIpc) is 2.01. The second-order valence-corrected chi connectivity index (χ2v) is 1.64. The van der Waals surface area contributed by atoms with Gasteiger partial charge < -0.3 is 10.1 Å². The summed E-state index contributed by atoms with van der Waals surface area (Å²) in [6.45, 7) is 1.65. The monoisotopic (exact) mass is 159 g/mol. The van der Waals surface area contributed by atoms with E-state index < -0.39 is 11.9 Å². The second-order valence-electron chi connectivity index (χ2n) is 1.64. The lowest BCUT2D eigenvalue weighted by Crippen LogP contribution is -2.31. The number of nitrogens with one attached hydrogen (secondary N) is 1. The van der Waals surface area contributed by atoms with Gasteiger partial charge in [-0.1, -0.05) is 0 Å². The molecule has 0 atom stereocenters. The van der Waals surface area contributed by atoms with Gasteiger partial charge in [-0.15, -0.1) is 0 Å². The number of ether oxygens (including phenoxy) is 1. The Labute approximate surface area is 63.7 Å². The fraction of sp³-hybridized carbons (Fsp3) is 0.500. The summed E-state index contributed by atoms with van der Waals surface area (Å²) in [7, 11) is 0. The molecule has 0 aromatic carbocycles. The minimum atomic E-state index is -0.821. The van der Waals surface area contributed by atoms with Crippen LogP contribution in [-0.2, 0) is 19.1 Å². The lowest BCUT2D eigenvalue weighted by atomic mass is 10.6. The summed E-state index contributed by atoms with van der Waals surface area (Å²) in [5.41, 5.74) is 0. The van der Waals surface area contributed by atoms with Crippen LogP contribution in [0.2, 0.25) is 0 Å². The molecule has 0 unspecified atom stereocenters. The SMILES string of the molecule is CCOC(=O)CNC(=O)C=O. The standard InChI is InChI=1S/C6H9NO4/c1-2-11-6(10)3-7-5(9)4-8/h4H,2-3H2,1H3,(H,7,9). The van der Waals surface area contributed by atoms with E-state index >= 15 is 0 Å². The molecule has 0 fully saturated rings. The van der Waals surface area contributed by atoms with Gasteiger partial charge in [0.15, 0.2) is 0 Å². The lowest BCUT2D eigenvalue weighted by Gasteiger charge is -2.00. The highest BCUT2D eigenvalue weighted by Crippen LogP contribution is 1.73. The first-order chi connectivity index (χ1) is 5.20. The molecule has 5 nitrogen and oxygen atoms in total. The minimum absolute atomic E-state index is 0.0965. The molecule has 0 saturated heterocycles. The van der Waals surface area contributed by atoms with Crippen molar-refractivity contribution in [3.8, 4) is 0 Å². The quantitative estimate of drug-likeness (QED) is 0.320. The van der Waals surface area contributed by atoms with Crippen LogP contribution in [0.4, 0.5) is 0 Å². The summed E-state index contributed by atoms with van der Waals surface area (Å²) >= 11 is 0. The van der Waals surface area contributed by atoms with E-state index in [1.165, 1.54) is 0 Å². The topological polar surface area (TPSA) is 72.5 Å². The molecule has 11 heavy (non-hydrogen) atoms. The van der Waals surface area contributed by atoms with Gasteiger partial charge in [-0.05, 0) is 6.92 Å². The molecule has 0 aliphatic rings. The maximum Gasteiger partial charge on any atom is 0.325 e. The zero-order chi connectivity index (χ0) is 8.69. The van der Waals surface area contributed by atoms with E-state index in [1.807, 2.05) is 5.32 Å². The van der Waals surface area contributed by atoms with E-state index in [9.17, 15) is 14.4 Å². The van der Waals surface area contributed by atoms with Crippen molar-refractivity contribution in [2.45, 2.75) is 6.92 Å². The smallest absolute Gasteiger partial charge is 0.325 e. The molecule has 0 aromatic rings. The number of carbonyl (C=O) groups excluding carboxylic acids is 3. The number of esters is 1. The predicted molar refractivity (Wildman–Crippen MR) is 35.7 cm³/mol. The number of hydrogen-bond acceptors (Lipinski definition) is 4. The molecule has 0 aromatic heterocycles. The summed E-state index contributed by atoms with van der Waals surface area (Å²) in [6, 6.07) is 0. The molecular formula is C6H9NO4. The van der Waals surface area contributed by atoms with Gasteiger partial charge in [0.1, 0.15) is 6.54 Å². The number of carbonyl (C=O) groups is 3. The molecule has 5 heteroatoms. The molecular weight excluding hydrogens is 150 g/mol. The van der Waals surface area contributed by atoms with Crippen LogP contribution in [0.15, 0.2) is 0 Å². The van der Waals surface area contributed by atoms with Crippen molar-refractivity contribution in [1.82, 2.24) is 5.32 Å². The molecule has 0 bridgehead atoms. The van der Waals surface area contributed by atoms with Gasteiger partial charge in [-0.25, -0.2) is 0 Å². The van der Waals surface area contributed by atoms with Crippen LogP contribution < -0.4 is 5.32 Å². The second kappa shape index (κ2) is 5.40. The molecule has 0 rings (SSSR count). The van der Waals surface area contributed by atoms with Crippen LogP contribution in [0.1, 0.15) is 6.92 Å². The van der Waals surface area contributed by atoms with Gasteiger partial charge in [0, 0.05) is 0 Å². The van der Waals surface area contributed by atoms with Gasteiger partial charge in [0.25, 0.3) is 5.91 Å². The summed E-state index contributed by atoms with van der Waals surface area (Å²) in [6.07, 6.45) is 0.0965. The molecule has 0 spiro atoms. The lowest BCUT2D eigenvalue weighted by molar-refractivity contribution is -0.143. The van der Waals surface area contributed by atoms with Crippen molar-refractivity contribution >= 4 is 18.2 Å². The van der Waals surface area contributed by atoms with E-state index in [-0.39, 0.29) is 19.4 Å². The number of rotatable bonds is 4. The Morgan fingerprint density at radius 3 is 2.64 bits per heavy atom. The van der Waals surface area contributed by atoms with Gasteiger partial charge in [-0.2, -0.15) is 0 Å². The zero-order valence-corrected chi connectivity index (χ0v) is 6.12. The Morgan fingerprint density at radius 2 is 2.18 bits per heavy atom. The van der Waals surface area contributed by atoms with E-state index in [0.29, 0.717) is 0 Å². The van der Waals surface area contributed by atoms with Crippen LogP contribution in [0.5, 0.6) is 0 Å². The van der Waals surface area contributed by atoms with E-state index in [4.69, 9.17) is 0 Å². The third-order valence-corrected chi connectivity index (χ3v) is 0.819. The molecule has 0 radical (unpaired) electrons. The first kappa shape index (κ1) is 9.61. The van der Waals surface area contributed by atoms with Gasteiger partial charge in [0.2, 0.25) is 6.29 Å². The first-order valence-electron chi connectivity index (χ1n) is 3.09. The van der Waals surface area contributed by atoms with Crippen LogP contribution in [0.3, 0.4) is 0 Å². The largest absolute Gasteiger partial charge is 0.465 e. The molecule has 1 amide bonds. The summed E-state index contributed by atoms with van der Waals surface area (Å²) in [5.74, 6) is -1.37. The highest BCUT2D eigenvalue weighted by Gasteiger charge is 2.02. The average molecular weight is 159 g/mol. The van der Waals surface area contributed by atoms with Crippen molar-refractivity contribution < 1.29 is 19.1 Å². The fourth-order valence-corrected chi connectivity index (χ4v) is 0.413. The molecule has 0 saturated carbocycles. The molecule has 1 N–H and O–H groups in total. The number of amides is 1. The van der Waals surface area contributed by atoms with Crippen LogP contribution >= 0.6 is 0 Å². The van der Waals surface area contributed by atoms with Gasteiger partial charge in [-0.3, -0.25) is 14.4 Å². The van der Waals surface area contributed by atoms with Crippen molar-refractivity contribution in [3.05, 3.63) is 0 Å². The van der Waals surface area contributed by atoms with Gasteiger partial charge >= 0.3 is 5.97 Å². The molecule has 0 aliphatic heterocycles. The van der Waals surface area contributed by atoms with E-state index in [1.54, 1.807) is 6.92 Å². The van der Waals surface area contributed by atoms with Crippen LogP contribution in [0.25, 0.3) is 0 Å². The van der Waals surface area contributed by atoms with Crippen molar-refractivity contribution in [1.29, 1.82) is 0 Å². The molecule has 0 aliphatic carbocycles. The van der Waals surface area contributed by atoms with E-state index in [2.05, 4.69) is 4.74 Å². The normalized spacial score (nSPS) is 8.45. The Bertz CT molecular complexity index is 166. The van der Waals surface area contributed by atoms with Crippen LogP contribution in [-0.4, -0.2) is 31.3 Å². The highest BCUT2D eigenvalue weighted by atomic mass is 16.5. The van der Waals surface area contributed by atoms with Crippen molar-refractivity contribution in [2.24, 2.45) is 0 Å². The summed E-state index contributed by atoms with van der Waals surface area (Å²) < 4.78 is 4.47. The Morgan fingerprint density at radius 1 is 1.55 bits per heavy atom. The fourth-order valence-electron chi connectivity index (χ4n) is 0.413. The Kier molecular flexibility index (Phi) is 4.72. The van der Waals surface area contributed by atoms with E-state index in [0.717, 1.165) is 0 Å². The number of hydrogen-bond donors (Lipinski definition) is 1. The maximum atomic E-state index is 10.5. The third kappa shape index (κ3) is 5.07. The van der Waals surface area contributed by atoms with Crippen LogP contribution in [0, 0.1) is 0 Å². The Hall–Kier alpha value is -1.39. The van der Waals surface area contributed by atoms with Gasteiger partial charge in [0.05, 0.1) is 6.61 Å². The van der Waals surface area contributed by atoms with Crippen molar-refractivity contribution in [2.75, 3.05) is 13.2 Å². The minimum Gasteiger partial charge on any atom is -0.465 e. The highest BCUT2D eigenvalue weighted by molar-refractivity contribution is 6.23. The Balaban J connectivity index is 3.45. The third-order valence-electron chi connectivity index (χ3n) is 0.819.